The molecule has 0 amide bonds. The van der Waals surface area contributed by atoms with Gasteiger partial charge in [-0.1, -0.05) is 0 Å². The van der Waals surface area contributed by atoms with Crippen LogP contribution in [0.25, 0.3) is 0 Å². The highest BCUT2D eigenvalue weighted by atomic mass is 15.2. The van der Waals surface area contributed by atoms with Crippen molar-refractivity contribution in [3.05, 3.63) is 41.3 Å². The van der Waals surface area contributed by atoms with Crippen molar-refractivity contribution in [3.8, 4) is 0 Å². The molecular weight excluding hydrogens is 238 g/mol. The van der Waals surface area contributed by atoms with E-state index in [1.165, 1.54) is 16.7 Å². The summed E-state index contributed by atoms with van der Waals surface area (Å²) in [6.45, 7) is 3.76. The number of nitrogens with zero attached hydrogens (tertiary/aromatic N) is 4. The van der Waals surface area contributed by atoms with Gasteiger partial charge in [-0.3, -0.25) is 4.68 Å². The van der Waals surface area contributed by atoms with Crippen molar-refractivity contribution in [1.29, 1.82) is 0 Å². The van der Waals surface area contributed by atoms with E-state index in [-0.39, 0.29) is 0 Å². The van der Waals surface area contributed by atoms with E-state index in [1.54, 1.807) is 0 Å². The Labute approximate surface area is 114 Å². The lowest BCUT2D eigenvalue weighted by Crippen LogP contribution is -2.19. The number of hydrogen-bond donors (Lipinski definition) is 1. The monoisotopic (exact) mass is 259 g/mol. The average Bonchev–Trinajstić information content (AvgIpc) is 2.75. The molecular formula is C14H21N5. The third-order valence-corrected chi connectivity index (χ3v) is 3.03. The quantitative estimate of drug-likeness (QED) is 0.883. The van der Waals surface area contributed by atoms with Gasteiger partial charge >= 0.3 is 0 Å². The van der Waals surface area contributed by atoms with Gasteiger partial charge in [0.05, 0.1) is 6.20 Å². The number of nitrogens with one attached hydrogen (secondary N) is 1. The first-order chi connectivity index (χ1) is 9.10. The van der Waals surface area contributed by atoms with Crippen LogP contribution >= 0.6 is 0 Å². The predicted octanol–water partition coefficient (Wildman–Crippen LogP) is 1.48. The van der Waals surface area contributed by atoms with Crippen LogP contribution in [0.3, 0.4) is 0 Å². The minimum absolute atomic E-state index is 0.813. The Bertz CT molecular complexity index is 547. The molecule has 19 heavy (non-hydrogen) atoms. The Hall–Kier alpha value is -1.88. The maximum absolute atomic E-state index is 4.56. The summed E-state index contributed by atoms with van der Waals surface area (Å²) < 4.78 is 1.82. The van der Waals surface area contributed by atoms with E-state index in [1.807, 2.05) is 37.4 Å². The molecule has 0 radical (unpaired) electrons. The Balaban J connectivity index is 2.12. The number of aryl methyl sites for hydroxylation is 2. The predicted molar refractivity (Wildman–Crippen MR) is 77.1 cm³/mol. The highest BCUT2D eigenvalue weighted by Crippen LogP contribution is 2.18. The van der Waals surface area contributed by atoms with Crippen molar-refractivity contribution in [2.45, 2.75) is 20.0 Å². The van der Waals surface area contributed by atoms with Crippen molar-refractivity contribution in [2.75, 3.05) is 19.0 Å². The van der Waals surface area contributed by atoms with Gasteiger partial charge in [-0.25, -0.2) is 4.98 Å². The largest absolute Gasteiger partial charge is 0.355 e. The first-order valence-electron chi connectivity index (χ1n) is 6.39. The molecule has 0 fully saturated rings. The molecule has 2 aromatic rings. The molecule has 0 aliphatic carbocycles. The topological polar surface area (TPSA) is 46.0 Å². The molecule has 0 saturated carbocycles. The van der Waals surface area contributed by atoms with Crippen LogP contribution in [0.4, 0.5) is 5.82 Å². The van der Waals surface area contributed by atoms with Crippen molar-refractivity contribution in [2.24, 2.45) is 7.05 Å². The van der Waals surface area contributed by atoms with Crippen LogP contribution in [0.1, 0.15) is 16.7 Å². The molecule has 5 heteroatoms. The van der Waals surface area contributed by atoms with E-state index in [0.717, 1.165) is 18.9 Å². The molecule has 102 valence electrons. The second-order valence-corrected chi connectivity index (χ2v) is 4.89. The molecule has 0 aromatic carbocycles. The van der Waals surface area contributed by atoms with E-state index < -0.39 is 0 Å². The van der Waals surface area contributed by atoms with Crippen molar-refractivity contribution in [1.82, 2.24) is 20.1 Å². The lowest BCUT2D eigenvalue weighted by atomic mass is 10.2. The van der Waals surface area contributed by atoms with Gasteiger partial charge in [0, 0.05) is 45.1 Å². The summed E-state index contributed by atoms with van der Waals surface area (Å²) in [5.74, 6) is 1.02. The average molecular weight is 259 g/mol. The zero-order valence-corrected chi connectivity index (χ0v) is 12.0. The fourth-order valence-electron chi connectivity index (χ4n) is 2.23. The highest BCUT2D eigenvalue weighted by Gasteiger charge is 2.08. The molecule has 5 nitrogen and oxygen atoms in total. The van der Waals surface area contributed by atoms with Crippen LogP contribution in [0.15, 0.2) is 24.7 Å². The van der Waals surface area contributed by atoms with Crippen LogP contribution in [-0.4, -0.2) is 28.9 Å². The van der Waals surface area contributed by atoms with Crippen LogP contribution in [-0.2, 0) is 20.1 Å². The highest BCUT2D eigenvalue weighted by molar-refractivity contribution is 5.47. The molecule has 0 atom stereocenters. The first kappa shape index (κ1) is 13.5. The van der Waals surface area contributed by atoms with Gasteiger partial charge in [0.2, 0.25) is 0 Å². The maximum atomic E-state index is 4.56. The zero-order chi connectivity index (χ0) is 13.8. The first-order valence-corrected chi connectivity index (χ1v) is 6.39. The Morgan fingerprint density at radius 3 is 2.68 bits per heavy atom. The second-order valence-electron chi connectivity index (χ2n) is 4.89. The third kappa shape index (κ3) is 3.32. The van der Waals surface area contributed by atoms with E-state index in [2.05, 4.69) is 40.3 Å². The maximum Gasteiger partial charge on any atom is 0.131 e. The summed E-state index contributed by atoms with van der Waals surface area (Å²) in [5.41, 5.74) is 3.59. The standard InChI is InChI=1S/C14H21N5/c1-11-5-12(6-15-2)7-16-14(11)18(3)9-13-8-17-19(4)10-13/h5,7-8,10,15H,6,9H2,1-4H3. The number of anilines is 1. The molecule has 0 aliphatic rings. The summed E-state index contributed by atoms with van der Waals surface area (Å²) in [7, 11) is 5.93. The molecule has 2 aromatic heterocycles. The summed E-state index contributed by atoms with van der Waals surface area (Å²) in [6.07, 6.45) is 5.85. The Morgan fingerprint density at radius 2 is 2.11 bits per heavy atom. The molecule has 0 bridgehead atoms. The fraction of sp³-hybridized carbons (Fsp3) is 0.429. The molecule has 1 N–H and O–H groups in total. The number of rotatable bonds is 5. The van der Waals surface area contributed by atoms with E-state index in [9.17, 15) is 0 Å². The van der Waals surface area contributed by atoms with Crippen molar-refractivity contribution < 1.29 is 0 Å². The number of pyridine rings is 1. The Kier molecular flexibility index (Phi) is 4.16. The van der Waals surface area contributed by atoms with Gasteiger partial charge in [-0.2, -0.15) is 5.10 Å². The van der Waals surface area contributed by atoms with Gasteiger partial charge in [0.1, 0.15) is 5.82 Å². The van der Waals surface area contributed by atoms with E-state index in [4.69, 9.17) is 0 Å². The molecule has 0 unspecified atom stereocenters. The van der Waals surface area contributed by atoms with Gasteiger partial charge in [0.25, 0.3) is 0 Å². The Morgan fingerprint density at radius 1 is 1.32 bits per heavy atom. The second kappa shape index (κ2) is 5.84. The summed E-state index contributed by atoms with van der Waals surface area (Å²) in [6, 6.07) is 2.18. The molecule has 0 aliphatic heterocycles. The van der Waals surface area contributed by atoms with E-state index in [0.29, 0.717) is 0 Å². The van der Waals surface area contributed by atoms with Crippen LogP contribution in [0.5, 0.6) is 0 Å². The fourth-order valence-corrected chi connectivity index (χ4v) is 2.23. The summed E-state index contributed by atoms with van der Waals surface area (Å²) in [5, 5.41) is 7.32. The van der Waals surface area contributed by atoms with Crippen LogP contribution < -0.4 is 10.2 Å². The van der Waals surface area contributed by atoms with Gasteiger partial charge in [-0.15, -0.1) is 0 Å². The lowest BCUT2D eigenvalue weighted by Gasteiger charge is -2.19. The molecule has 2 heterocycles. The van der Waals surface area contributed by atoms with Crippen LogP contribution in [0, 0.1) is 6.92 Å². The lowest BCUT2D eigenvalue weighted by molar-refractivity contribution is 0.766. The van der Waals surface area contributed by atoms with Gasteiger partial charge in [-0.05, 0) is 31.2 Å². The zero-order valence-electron chi connectivity index (χ0n) is 12.0. The smallest absolute Gasteiger partial charge is 0.131 e. The normalized spacial score (nSPS) is 10.7. The van der Waals surface area contributed by atoms with Crippen molar-refractivity contribution in [3.63, 3.8) is 0 Å². The molecule has 0 saturated heterocycles. The summed E-state index contributed by atoms with van der Waals surface area (Å²) in [4.78, 5) is 6.71. The summed E-state index contributed by atoms with van der Waals surface area (Å²) >= 11 is 0. The molecule has 2 rings (SSSR count). The minimum Gasteiger partial charge on any atom is -0.355 e. The number of aromatic nitrogens is 3. The SMILES string of the molecule is CNCc1cnc(N(C)Cc2cnn(C)c2)c(C)c1. The van der Waals surface area contributed by atoms with Crippen LogP contribution in [0.2, 0.25) is 0 Å². The van der Waals surface area contributed by atoms with Crippen molar-refractivity contribution >= 4 is 5.82 Å². The molecule has 0 spiro atoms. The van der Waals surface area contributed by atoms with Gasteiger partial charge in [0.15, 0.2) is 0 Å². The number of hydrogen-bond acceptors (Lipinski definition) is 4. The van der Waals surface area contributed by atoms with E-state index >= 15 is 0 Å². The third-order valence-electron chi connectivity index (χ3n) is 3.03. The van der Waals surface area contributed by atoms with Gasteiger partial charge < -0.3 is 10.2 Å². The minimum atomic E-state index is 0.813.